The van der Waals surface area contributed by atoms with Crippen molar-refractivity contribution in [3.63, 3.8) is 0 Å². The molecule has 0 heterocycles. The molecule has 0 aliphatic heterocycles. The molecule has 0 aromatic heterocycles. The quantitative estimate of drug-likeness (QED) is 0.767. The molecule has 1 amide bonds. The average molecular weight is 263 g/mol. The van der Waals surface area contributed by atoms with Crippen molar-refractivity contribution in [1.29, 1.82) is 0 Å². The number of aliphatic carboxylic acids is 1. The van der Waals surface area contributed by atoms with Crippen molar-refractivity contribution in [2.24, 2.45) is 17.3 Å². The fraction of sp³-hybridized carbons (Fsp3) is 0.429. The highest BCUT2D eigenvalue weighted by Gasteiger charge is 2.65. The third kappa shape index (κ3) is 2.46. The zero-order valence-corrected chi connectivity index (χ0v) is 10.9. The zero-order valence-electron chi connectivity index (χ0n) is 10.9. The van der Waals surface area contributed by atoms with Gasteiger partial charge in [-0.25, -0.2) is 0 Å². The number of hydrogen-bond acceptors (Lipinski definition) is 3. The summed E-state index contributed by atoms with van der Waals surface area (Å²) in [6.07, 6.45) is 0. The molecule has 0 unspecified atom stereocenters. The molecule has 0 bridgehead atoms. The third-order valence-electron chi connectivity index (χ3n) is 3.75. The molecule has 1 fully saturated rings. The van der Waals surface area contributed by atoms with Crippen LogP contribution >= 0.6 is 0 Å². The Morgan fingerprint density at radius 3 is 2.53 bits per heavy atom. The lowest BCUT2D eigenvalue weighted by Gasteiger charge is -2.07. The first-order valence-corrected chi connectivity index (χ1v) is 6.11. The minimum absolute atomic E-state index is 0.101. The lowest BCUT2D eigenvalue weighted by Crippen LogP contribution is -2.17. The van der Waals surface area contributed by atoms with Gasteiger partial charge in [-0.3, -0.25) is 9.59 Å². The molecule has 1 aromatic rings. The molecule has 2 atom stereocenters. The number of rotatable bonds is 4. The van der Waals surface area contributed by atoms with E-state index in [1.807, 2.05) is 0 Å². The molecule has 5 heteroatoms. The molecular weight excluding hydrogens is 246 g/mol. The second-order valence-corrected chi connectivity index (χ2v) is 5.46. The van der Waals surface area contributed by atoms with Crippen molar-refractivity contribution in [3.05, 3.63) is 29.8 Å². The van der Waals surface area contributed by atoms with Crippen LogP contribution in [0, 0.1) is 17.3 Å². The number of hydrogen-bond donors (Lipinski definition) is 3. The molecule has 5 nitrogen and oxygen atoms in total. The first kappa shape index (κ1) is 13.5. The van der Waals surface area contributed by atoms with E-state index in [1.54, 1.807) is 38.1 Å². The van der Waals surface area contributed by atoms with Crippen LogP contribution in [-0.4, -0.2) is 22.1 Å². The van der Waals surface area contributed by atoms with E-state index in [2.05, 4.69) is 5.32 Å². The van der Waals surface area contributed by atoms with Gasteiger partial charge >= 0.3 is 5.97 Å². The fourth-order valence-electron chi connectivity index (χ4n) is 2.56. The number of carbonyl (C=O) groups excluding carboxylic acids is 1. The molecule has 0 radical (unpaired) electrons. The van der Waals surface area contributed by atoms with Gasteiger partial charge in [-0.15, -0.1) is 0 Å². The number of carboxylic acid groups (broad SMARTS) is 1. The van der Waals surface area contributed by atoms with Gasteiger partial charge in [-0.05, 0) is 23.1 Å². The summed E-state index contributed by atoms with van der Waals surface area (Å²) in [5, 5.41) is 20.8. The van der Waals surface area contributed by atoms with Crippen LogP contribution in [0.1, 0.15) is 19.4 Å². The zero-order chi connectivity index (χ0) is 14.2. The van der Waals surface area contributed by atoms with Gasteiger partial charge in [0.05, 0.1) is 18.4 Å². The van der Waals surface area contributed by atoms with Gasteiger partial charge in [0.1, 0.15) is 0 Å². The normalized spacial score (nSPS) is 23.7. The summed E-state index contributed by atoms with van der Waals surface area (Å²) in [6.45, 7) is 3.46. The van der Waals surface area contributed by atoms with Crippen LogP contribution in [0.15, 0.2) is 24.3 Å². The van der Waals surface area contributed by atoms with Crippen LogP contribution in [0.2, 0.25) is 0 Å². The fourth-order valence-corrected chi connectivity index (χ4v) is 2.56. The van der Waals surface area contributed by atoms with E-state index in [-0.39, 0.29) is 12.5 Å². The molecule has 3 N–H and O–H groups in total. The lowest BCUT2D eigenvalue weighted by molar-refractivity contribution is -0.140. The summed E-state index contributed by atoms with van der Waals surface area (Å²) in [5.74, 6) is -2.36. The predicted molar refractivity (Wildman–Crippen MR) is 69.4 cm³/mol. The molecule has 1 saturated carbocycles. The van der Waals surface area contributed by atoms with Crippen molar-refractivity contribution in [2.75, 3.05) is 5.32 Å². The average Bonchev–Trinajstić information content (AvgIpc) is 2.93. The number of carboxylic acids is 1. The number of benzene rings is 1. The van der Waals surface area contributed by atoms with Gasteiger partial charge in [0.25, 0.3) is 0 Å². The second-order valence-electron chi connectivity index (χ2n) is 5.46. The van der Waals surface area contributed by atoms with Crippen LogP contribution in [0.5, 0.6) is 0 Å². The molecule has 102 valence electrons. The molecule has 1 aliphatic carbocycles. The first-order chi connectivity index (χ1) is 8.87. The van der Waals surface area contributed by atoms with Gasteiger partial charge < -0.3 is 15.5 Å². The molecular formula is C14H17NO4. The van der Waals surface area contributed by atoms with E-state index in [9.17, 15) is 9.59 Å². The van der Waals surface area contributed by atoms with Gasteiger partial charge in [-0.2, -0.15) is 0 Å². The van der Waals surface area contributed by atoms with Gasteiger partial charge in [-0.1, -0.05) is 26.0 Å². The monoisotopic (exact) mass is 263 g/mol. The van der Waals surface area contributed by atoms with E-state index in [1.165, 1.54) is 0 Å². The smallest absolute Gasteiger partial charge is 0.307 e. The summed E-state index contributed by atoms with van der Waals surface area (Å²) in [4.78, 5) is 23.1. The van der Waals surface area contributed by atoms with Crippen molar-refractivity contribution in [2.45, 2.75) is 20.5 Å². The highest BCUT2D eigenvalue weighted by molar-refractivity contribution is 5.99. The first-order valence-electron chi connectivity index (χ1n) is 6.11. The summed E-state index contributed by atoms with van der Waals surface area (Å²) >= 11 is 0. The van der Waals surface area contributed by atoms with E-state index in [0.717, 1.165) is 0 Å². The second kappa shape index (κ2) is 4.66. The Labute approximate surface area is 111 Å². The predicted octanol–water partition coefficient (Wildman–Crippen LogP) is 1.47. The minimum Gasteiger partial charge on any atom is -0.481 e. The highest BCUT2D eigenvalue weighted by Crippen LogP contribution is 2.58. The summed E-state index contributed by atoms with van der Waals surface area (Å²) < 4.78 is 0. The lowest BCUT2D eigenvalue weighted by atomic mass is 10.1. The Morgan fingerprint density at radius 2 is 2.00 bits per heavy atom. The van der Waals surface area contributed by atoms with Crippen LogP contribution in [-0.2, 0) is 16.2 Å². The van der Waals surface area contributed by atoms with Crippen LogP contribution in [0.3, 0.4) is 0 Å². The maximum atomic E-state index is 12.1. The summed E-state index contributed by atoms with van der Waals surface area (Å²) in [7, 11) is 0. The largest absolute Gasteiger partial charge is 0.481 e. The number of carbonyl (C=O) groups is 2. The van der Waals surface area contributed by atoms with Crippen molar-refractivity contribution in [1.82, 2.24) is 0 Å². The van der Waals surface area contributed by atoms with Gasteiger partial charge in [0.2, 0.25) is 5.91 Å². The van der Waals surface area contributed by atoms with Crippen LogP contribution in [0.4, 0.5) is 5.69 Å². The number of aliphatic hydroxyl groups excluding tert-OH is 1. The summed E-state index contributed by atoms with van der Waals surface area (Å²) in [5.41, 5.74) is 0.760. The van der Waals surface area contributed by atoms with E-state index < -0.39 is 23.2 Å². The maximum absolute atomic E-state index is 12.1. The summed E-state index contributed by atoms with van der Waals surface area (Å²) in [6, 6.07) is 6.86. The van der Waals surface area contributed by atoms with E-state index >= 15 is 0 Å². The van der Waals surface area contributed by atoms with Gasteiger partial charge in [0.15, 0.2) is 0 Å². The third-order valence-corrected chi connectivity index (χ3v) is 3.75. The Kier molecular flexibility index (Phi) is 3.32. The van der Waals surface area contributed by atoms with Crippen molar-refractivity contribution < 1.29 is 19.8 Å². The molecule has 19 heavy (non-hydrogen) atoms. The molecule has 2 rings (SSSR count). The Bertz CT molecular complexity index is 524. The molecule has 0 saturated heterocycles. The van der Waals surface area contributed by atoms with Crippen molar-refractivity contribution in [3.8, 4) is 0 Å². The van der Waals surface area contributed by atoms with E-state index in [4.69, 9.17) is 10.2 Å². The SMILES string of the molecule is CC1(C)[C@H](C(=O)O)[C@@H]1C(=O)Nc1cccc(CO)c1. The van der Waals surface area contributed by atoms with Gasteiger partial charge in [0, 0.05) is 5.69 Å². The number of anilines is 1. The van der Waals surface area contributed by atoms with Crippen molar-refractivity contribution >= 4 is 17.6 Å². The number of amides is 1. The Hall–Kier alpha value is -1.88. The van der Waals surface area contributed by atoms with Crippen LogP contribution < -0.4 is 5.32 Å². The van der Waals surface area contributed by atoms with Crippen LogP contribution in [0.25, 0.3) is 0 Å². The van der Waals surface area contributed by atoms with E-state index in [0.29, 0.717) is 11.3 Å². The molecule has 0 spiro atoms. The molecule has 1 aliphatic rings. The maximum Gasteiger partial charge on any atom is 0.307 e. The minimum atomic E-state index is -0.936. The topological polar surface area (TPSA) is 86.6 Å². The number of nitrogens with one attached hydrogen (secondary N) is 1. The standard InChI is InChI=1S/C14H17NO4/c1-14(2)10(11(14)13(18)19)12(17)15-9-5-3-4-8(6-9)7-16/h3-6,10-11,16H,7H2,1-2H3,(H,15,17)(H,18,19)/t10-,11+/m1/s1. The Balaban J connectivity index is 2.08. The molecule has 1 aromatic carbocycles. The highest BCUT2D eigenvalue weighted by atomic mass is 16.4. The number of aliphatic hydroxyl groups is 1. The Morgan fingerprint density at radius 1 is 1.32 bits per heavy atom.